The standard InChI is InChI=1S/C30H33N7O2/c1-19-13-20(7-12-27(19)39-22-9-11-26-25(15-22)32-17-35(26)4)33-28-23-14-21(8-10-24(23)31-18-36(28)5)37(6)29-34-30(2,3)16-38-29/h7-15,17-18,28,33H,16H2,1-6H3. The van der Waals surface area contributed by atoms with Gasteiger partial charge in [-0.3, -0.25) is 4.90 Å². The molecule has 2 aliphatic heterocycles. The summed E-state index contributed by atoms with van der Waals surface area (Å²) in [5, 5.41) is 3.68. The second kappa shape index (κ2) is 9.34. The summed E-state index contributed by atoms with van der Waals surface area (Å²) >= 11 is 0. The Bertz CT molecular complexity index is 1620. The maximum atomic E-state index is 6.22. The van der Waals surface area contributed by atoms with Gasteiger partial charge in [0.2, 0.25) is 0 Å². The summed E-state index contributed by atoms with van der Waals surface area (Å²) in [4.78, 5) is 17.9. The number of hydrogen-bond acceptors (Lipinski definition) is 8. The van der Waals surface area contributed by atoms with E-state index in [9.17, 15) is 0 Å². The van der Waals surface area contributed by atoms with Gasteiger partial charge < -0.3 is 24.3 Å². The van der Waals surface area contributed by atoms with Crippen LogP contribution in [0.3, 0.4) is 0 Å². The van der Waals surface area contributed by atoms with Crippen molar-refractivity contribution in [2.45, 2.75) is 32.5 Å². The molecule has 9 nitrogen and oxygen atoms in total. The van der Waals surface area contributed by atoms with Crippen molar-refractivity contribution in [1.82, 2.24) is 14.5 Å². The molecule has 1 atom stereocenters. The Morgan fingerprint density at radius 1 is 1.08 bits per heavy atom. The van der Waals surface area contributed by atoms with Crippen molar-refractivity contribution in [2.24, 2.45) is 17.0 Å². The van der Waals surface area contributed by atoms with E-state index in [0.717, 1.165) is 50.7 Å². The number of imidazole rings is 1. The van der Waals surface area contributed by atoms with Crippen LogP contribution in [0, 0.1) is 6.92 Å². The highest BCUT2D eigenvalue weighted by molar-refractivity contribution is 5.93. The Kier molecular flexibility index (Phi) is 5.94. The topological polar surface area (TPSA) is 79.5 Å². The van der Waals surface area contributed by atoms with Crippen molar-refractivity contribution in [3.8, 4) is 11.5 Å². The first-order valence-corrected chi connectivity index (χ1v) is 13.0. The molecule has 0 radical (unpaired) electrons. The molecule has 9 heteroatoms. The Labute approximate surface area is 228 Å². The molecule has 1 N–H and O–H groups in total. The van der Waals surface area contributed by atoms with Crippen LogP contribution in [-0.4, -0.2) is 53.1 Å². The molecule has 0 saturated heterocycles. The van der Waals surface area contributed by atoms with E-state index in [2.05, 4.69) is 53.1 Å². The Morgan fingerprint density at radius 2 is 1.92 bits per heavy atom. The van der Waals surface area contributed by atoms with E-state index in [4.69, 9.17) is 14.5 Å². The molecular formula is C30H33N7O2. The molecule has 4 aromatic rings. The number of anilines is 2. The number of nitrogens with zero attached hydrogens (tertiary/aromatic N) is 6. The van der Waals surface area contributed by atoms with Crippen molar-refractivity contribution in [1.29, 1.82) is 0 Å². The highest BCUT2D eigenvalue weighted by atomic mass is 16.5. The number of aryl methyl sites for hydroxylation is 2. The molecule has 39 heavy (non-hydrogen) atoms. The molecule has 3 heterocycles. The fourth-order valence-electron chi connectivity index (χ4n) is 4.87. The van der Waals surface area contributed by atoms with Gasteiger partial charge in [0, 0.05) is 44.1 Å². The molecule has 0 fully saturated rings. The SMILES string of the molecule is Cc1cc(NC2c3cc(N(C)C4=NC(C)(C)CO4)ccc3N=CN2C)ccc1Oc1ccc2c(c1)ncn2C. The summed E-state index contributed by atoms with van der Waals surface area (Å²) in [5.74, 6) is 1.57. The van der Waals surface area contributed by atoms with Crippen molar-refractivity contribution in [3.63, 3.8) is 0 Å². The molecule has 3 aromatic carbocycles. The zero-order valence-corrected chi connectivity index (χ0v) is 23.1. The predicted octanol–water partition coefficient (Wildman–Crippen LogP) is 5.99. The number of nitrogens with one attached hydrogen (secondary N) is 1. The maximum Gasteiger partial charge on any atom is 0.292 e. The van der Waals surface area contributed by atoms with Crippen LogP contribution in [0.4, 0.5) is 17.1 Å². The predicted molar refractivity (Wildman–Crippen MR) is 157 cm³/mol. The molecular weight excluding hydrogens is 490 g/mol. The number of amidine groups is 1. The van der Waals surface area contributed by atoms with Gasteiger partial charge in [0.1, 0.15) is 24.3 Å². The van der Waals surface area contributed by atoms with Crippen LogP contribution in [0.1, 0.15) is 31.1 Å². The third kappa shape index (κ3) is 4.76. The van der Waals surface area contributed by atoms with Crippen LogP contribution in [-0.2, 0) is 11.8 Å². The van der Waals surface area contributed by atoms with Crippen molar-refractivity contribution < 1.29 is 9.47 Å². The quantitative estimate of drug-likeness (QED) is 0.346. The first-order valence-electron chi connectivity index (χ1n) is 13.0. The minimum atomic E-state index is -0.217. The van der Waals surface area contributed by atoms with Crippen LogP contribution >= 0.6 is 0 Å². The Hall–Kier alpha value is -4.53. The molecule has 1 unspecified atom stereocenters. The summed E-state index contributed by atoms with van der Waals surface area (Å²) in [7, 11) is 5.98. The molecule has 0 spiro atoms. The number of hydrogen-bond donors (Lipinski definition) is 1. The van der Waals surface area contributed by atoms with Crippen LogP contribution in [0.2, 0.25) is 0 Å². The summed E-state index contributed by atoms with van der Waals surface area (Å²) in [6.45, 7) is 6.77. The van der Waals surface area contributed by atoms with Crippen LogP contribution in [0.5, 0.6) is 11.5 Å². The van der Waals surface area contributed by atoms with E-state index in [1.807, 2.05) is 85.7 Å². The largest absolute Gasteiger partial charge is 0.462 e. The number of fused-ring (bicyclic) bond motifs is 2. The van der Waals surface area contributed by atoms with Crippen molar-refractivity contribution in [2.75, 3.05) is 30.9 Å². The molecule has 0 bridgehead atoms. The molecule has 0 amide bonds. The fraction of sp³-hybridized carbons (Fsp3) is 0.300. The first kappa shape index (κ1) is 24.8. The highest BCUT2D eigenvalue weighted by Crippen LogP contribution is 2.37. The zero-order chi connectivity index (χ0) is 27.3. The van der Waals surface area contributed by atoms with Gasteiger partial charge in [0.15, 0.2) is 0 Å². The van der Waals surface area contributed by atoms with Crippen LogP contribution in [0.25, 0.3) is 11.0 Å². The second-order valence-electron chi connectivity index (χ2n) is 10.8. The number of ether oxygens (including phenoxy) is 2. The van der Waals surface area contributed by atoms with Gasteiger partial charge in [-0.25, -0.2) is 15.0 Å². The smallest absolute Gasteiger partial charge is 0.292 e. The third-order valence-corrected chi connectivity index (χ3v) is 7.12. The third-order valence-electron chi connectivity index (χ3n) is 7.12. The number of benzene rings is 3. The van der Waals surface area contributed by atoms with Crippen LogP contribution in [0.15, 0.2) is 70.9 Å². The normalized spacial score (nSPS) is 17.5. The average molecular weight is 524 g/mol. The van der Waals surface area contributed by atoms with E-state index in [0.29, 0.717) is 12.6 Å². The van der Waals surface area contributed by atoms with Gasteiger partial charge in [-0.05, 0) is 74.9 Å². The lowest BCUT2D eigenvalue weighted by Gasteiger charge is -2.33. The van der Waals surface area contributed by atoms with Gasteiger partial charge in [-0.2, -0.15) is 0 Å². The molecule has 1 aromatic heterocycles. The fourth-order valence-corrected chi connectivity index (χ4v) is 4.87. The zero-order valence-electron chi connectivity index (χ0n) is 23.1. The Morgan fingerprint density at radius 3 is 2.69 bits per heavy atom. The summed E-state index contributed by atoms with van der Waals surface area (Å²) in [6.07, 6.45) is 3.56. The summed E-state index contributed by atoms with van der Waals surface area (Å²) in [5.41, 5.74) is 6.77. The van der Waals surface area contributed by atoms with E-state index in [-0.39, 0.29) is 11.7 Å². The highest BCUT2D eigenvalue weighted by Gasteiger charge is 2.30. The number of aromatic nitrogens is 2. The minimum Gasteiger partial charge on any atom is -0.462 e. The molecule has 0 saturated carbocycles. The minimum absolute atomic E-state index is 0.105. The lowest BCUT2D eigenvalue weighted by molar-refractivity contribution is 0.275. The molecule has 2 aliphatic rings. The lowest BCUT2D eigenvalue weighted by Crippen LogP contribution is -2.32. The molecule has 6 rings (SSSR count). The van der Waals surface area contributed by atoms with Gasteiger partial charge in [-0.15, -0.1) is 0 Å². The number of rotatable bonds is 5. The van der Waals surface area contributed by atoms with Gasteiger partial charge in [-0.1, -0.05) is 0 Å². The van der Waals surface area contributed by atoms with E-state index in [1.54, 1.807) is 0 Å². The second-order valence-corrected chi connectivity index (χ2v) is 10.8. The monoisotopic (exact) mass is 523 g/mol. The van der Waals surface area contributed by atoms with Gasteiger partial charge in [0.25, 0.3) is 6.02 Å². The Balaban J connectivity index is 1.23. The number of aliphatic imine (C=N–C) groups is 2. The van der Waals surface area contributed by atoms with E-state index >= 15 is 0 Å². The van der Waals surface area contributed by atoms with Crippen molar-refractivity contribution >= 4 is 40.5 Å². The van der Waals surface area contributed by atoms with Gasteiger partial charge in [0.05, 0.1) is 34.9 Å². The lowest BCUT2D eigenvalue weighted by atomic mass is 10.1. The van der Waals surface area contributed by atoms with Gasteiger partial charge >= 0.3 is 0 Å². The summed E-state index contributed by atoms with van der Waals surface area (Å²) < 4.78 is 14.1. The van der Waals surface area contributed by atoms with E-state index in [1.165, 1.54) is 0 Å². The first-order chi connectivity index (χ1) is 18.7. The molecule has 0 aliphatic carbocycles. The average Bonchev–Trinajstić information content (AvgIpc) is 3.47. The maximum absolute atomic E-state index is 6.22. The van der Waals surface area contributed by atoms with Crippen molar-refractivity contribution in [3.05, 3.63) is 72.1 Å². The van der Waals surface area contributed by atoms with Crippen LogP contribution < -0.4 is 15.0 Å². The summed E-state index contributed by atoms with van der Waals surface area (Å²) in [6, 6.07) is 19.0. The molecule has 200 valence electrons. The van der Waals surface area contributed by atoms with E-state index < -0.39 is 0 Å².